The van der Waals surface area contributed by atoms with Crippen molar-refractivity contribution in [2.75, 3.05) is 26.7 Å². The molecule has 9 heteroatoms. The van der Waals surface area contributed by atoms with Crippen LogP contribution < -0.4 is 15.8 Å². The van der Waals surface area contributed by atoms with Crippen molar-refractivity contribution in [3.8, 4) is 11.5 Å². The number of nitrogens with zero attached hydrogens (tertiary/aromatic N) is 1. The molecular weight excluding hydrogens is 530 g/mol. The number of ether oxygens (including phenoxy) is 2. The number of benzene rings is 2. The number of nitrogens with one attached hydrogen (secondary N) is 1. The molecule has 8 nitrogen and oxygen atoms in total. The number of carbonyl (C=O) groups is 2. The van der Waals surface area contributed by atoms with E-state index in [1.165, 1.54) is 7.11 Å². The van der Waals surface area contributed by atoms with E-state index < -0.39 is 11.7 Å². The van der Waals surface area contributed by atoms with E-state index in [-0.39, 0.29) is 23.8 Å². The average Bonchev–Trinajstić information content (AvgIpc) is 3.42. The average molecular weight is 572 g/mol. The Morgan fingerprint density at radius 1 is 1.18 bits per heavy atom. The van der Waals surface area contributed by atoms with Gasteiger partial charge in [-0.1, -0.05) is 48.9 Å². The number of piperidine rings is 1. The van der Waals surface area contributed by atoms with Crippen molar-refractivity contribution in [3.05, 3.63) is 58.6 Å². The molecule has 2 fully saturated rings. The lowest BCUT2D eigenvalue weighted by Crippen LogP contribution is -2.49. The molecule has 1 unspecified atom stereocenters. The van der Waals surface area contributed by atoms with Crippen molar-refractivity contribution in [3.63, 3.8) is 0 Å². The number of nitrogens with two attached hydrogens (primary N) is 1. The molecule has 2 aromatic carbocycles. The van der Waals surface area contributed by atoms with E-state index in [0.717, 1.165) is 37.7 Å². The number of amides is 2. The Bertz CT molecular complexity index is 1180. The van der Waals surface area contributed by atoms with Crippen LogP contribution in [-0.4, -0.2) is 54.8 Å². The van der Waals surface area contributed by atoms with Crippen molar-refractivity contribution in [1.29, 1.82) is 0 Å². The van der Waals surface area contributed by atoms with Crippen LogP contribution in [0.2, 0.25) is 5.02 Å². The van der Waals surface area contributed by atoms with Crippen LogP contribution in [0.1, 0.15) is 63.0 Å². The van der Waals surface area contributed by atoms with E-state index >= 15 is 0 Å². The number of hydrogen-bond acceptors (Lipinski definition) is 6. The molecule has 1 saturated heterocycles. The van der Waals surface area contributed by atoms with Crippen molar-refractivity contribution in [2.24, 2.45) is 17.6 Å². The first-order valence-electron chi connectivity index (χ1n) is 14.4. The minimum absolute atomic E-state index is 0.0540. The Kier molecular flexibility index (Phi) is 10.3. The molecule has 2 amide bonds. The third-order valence-electron chi connectivity index (χ3n) is 8.42. The quantitative estimate of drug-likeness (QED) is 0.330. The van der Waals surface area contributed by atoms with Crippen LogP contribution in [0.25, 0.3) is 0 Å². The first-order chi connectivity index (χ1) is 19.3. The van der Waals surface area contributed by atoms with Gasteiger partial charge in [-0.2, -0.15) is 0 Å². The standard InChI is InChI=1S/C31H42ClN3O5/c1-3-21-9-4-5-13-27(21)40-28-25(11-6-12-26(28)32)31(38,16-8-17-34-30(37)39-2)23-10-7-18-35(20-23)29(36)22-14-15-24(33)19-22/h4-6,9,11-13,22-24,38H,3,7-8,10,14-20,33H2,1-2H3,(H,34,37)/t22-,23-,24+,31?/m1/s1. The predicted molar refractivity (Wildman–Crippen MR) is 156 cm³/mol. The molecule has 218 valence electrons. The summed E-state index contributed by atoms with van der Waals surface area (Å²) >= 11 is 6.73. The maximum absolute atomic E-state index is 13.4. The van der Waals surface area contributed by atoms with E-state index in [1.54, 1.807) is 6.07 Å². The lowest BCUT2D eigenvalue weighted by Gasteiger charge is -2.44. The summed E-state index contributed by atoms with van der Waals surface area (Å²) in [4.78, 5) is 27.0. The Morgan fingerprint density at radius 3 is 2.70 bits per heavy atom. The van der Waals surface area contributed by atoms with Crippen LogP contribution in [0.3, 0.4) is 0 Å². The van der Waals surface area contributed by atoms with Gasteiger partial charge in [0, 0.05) is 43.1 Å². The fourth-order valence-corrected chi connectivity index (χ4v) is 6.42. The van der Waals surface area contributed by atoms with Crippen LogP contribution in [-0.2, 0) is 21.6 Å². The predicted octanol–water partition coefficient (Wildman–Crippen LogP) is 5.38. The van der Waals surface area contributed by atoms with Crippen molar-refractivity contribution >= 4 is 23.6 Å². The van der Waals surface area contributed by atoms with Crippen molar-refractivity contribution in [2.45, 2.75) is 69.9 Å². The van der Waals surface area contributed by atoms with Gasteiger partial charge >= 0.3 is 6.09 Å². The summed E-state index contributed by atoms with van der Waals surface area (Å²) in [7, 11) is 1.32. The molecule has 1 saturated carbocycles. The van der Waals surface area contributed by atoms with Gasteiger partial charge in [-0.25, -0.2) is 4.79 Å². The lowest BCUT2D eigenvalue weighted by atomic mass is 9.73. The van der Waals surface area contributed by atoms with E-state index in [0.29, 0.717) is 61.0 Å². The minimum atomic E-state index is -1.36. The monoisotopic (exact) mass is 571 g/mol. The number of likely N-dealkylation sites (tertiary alicyclic amines) is 1. The normalized spacial score (nSPS) is 22.4. The maximum Gasteiger partial charge on any atom is 0.406 e. The van der Waals surface area contributed by atoms with Gasteiger partial charge in [0.05, 0.1) is 17.7 Å². The largest absolute Gasteiger partial charge is 0.455 e. The number of aliphatic hydroxyl groups is 1. The molecule has 4 rings (SSSR count). The molecule has 4 atom stereocenters. The number of alkyl carbamates (subject to hydrolysis) is 1. The highest BCUT2D eigenvalue weighted by atomic mass is 35.5. The molecule has 2 aliphatic rings. The number of methoxy groups -OCH3 is 1. The fourth-order valence-electron chi connectivity index (χ4n) is 6.20. The van der Waals surface area contributed by atoms with Gasteiger partial charge in [-0.3, -0.25) is 4.79 Å². The molecule has 1 aliphatic carbocycles. The summed E-state index contributed by atoms with van der Waals surface area (Å²) in [6.45, 7) is 3.50. The van der Waals surface area contributed by atoms with Gasteiger partial charge in [0.2, 0.25) is 5.91 Å². The number of carbonyl (C=O) groups excluding carboxylic acids is 2. The minimum Gasteiger partial charge on any atom is -0.455 e. The molecule has 0 bridgehead atoms. The molecule has 2 aromatic rings. The van der Waals surface area contributed by atoms with E-state index in [4.69, 9.17) is 26.8 Å². The van der Waals surface area contributed by atoms with Gasteiger partial charge in [0.1, 0.15) is 5.75 Å². The van der Waals surface area contributed by atoms with E-state index in [9.17, 15) is 14.7 Å². The summed E-state index contributed by atoms with van der Waals surface area (Å²) < 4.78 is 11.2. The second-order valence-electron chi connectivity index (χ2n) is 11.0. The van der Waals surface area contributed by atoms with Crippen molar-refractivity contribution < 1.29 is 24.2 Å². The van der Waals surface area contributed by atoms with Gasteiger partial charge in [-0.15, -0.1) is 0 Å². The first kappa shape index (κ1) is 30.2. The molecular formula is C31H42ClN3O5. The van der Waals surface area contributed by atoms with Gasteiger partial charge in [0.15, 0.2) is 5.75 Å². The fraction of sp³-hybridized carbons (Fsp3) is 0.548. The molecule has 0 radical (unpaired) electrons. The van der Waals surface area contributed by atoms with Gasteiger partial charge in [-0.05, 0) is 69.1 Å². The highest BCUT2D eigenvalue weighted by molar-refractivity contribution is 6.32. The van der Waals surface area contributed by atoms with Crippen molar-refractivity contribution in [1.82, 2.24) is 10.2 Å². The molecule has 1 aliphatic heterocycles. The third-order valence-corrected chi connectivity index (χ3v) is 8.72. The van der Waals surface area contributed by atoms with Gasteiger partial charge < -0.3 is 30.5 Å². The summed E-state index contributed by atoms with van der Waals surface area (Å²) in [6.07, 6.45) is 5.02. The zero-order valence-corrected chi connectivity index (χ0v) is 24.3. The third kappa shape index (κ3) is 6.90. The molecule has 0 spiro atoms. The summed E-state index contributed by atoms with van der Waals surface area (Å²) in [5, 5.41) is 15.7. The number of rotatable bonds is 10. The molecule has 1 heterocycles. The maximum atomic E-state index is 13.4. The SMILES string of the molecule is CCc1ccccc1Oc1c(Cl)cccc1C(O)(CCCNC(=O)OC)[C@@H]1CCCN(C(=O)[C@@H]2CC[C@H](N)C2)C1. The zero-order valence-electron chi connectivity index (χ0n) is 23.5. The van der Waals surface area contributed by atoms with Crippen LogP contribution in [0, 0.1) is 11.8 Å². The number of hydrogen-bond donors (Lipinski definition) is 3. The Hall–Kier alpha value is -2.81. The number of halogens is 1. The number of para-hydroxylation sites is 2. The smallest absolute Gasteiger partial charge is 0.406 e. The van der Waals surface area contributed by atoms with Crippen LogP contribution >= 0.6 is 11.6 Å². The molecule has 40 heavy (non-hydrogen) atoms. The second kappa shape index (κ2) is 13.7. The first-order valence-corrected chi connectivity index (χ1v) is 14.8. The number of aryl methyl sites for hydroxylation is 1. The summed E-state index contributed by atoms with van der Waals surface area (Å²) in [6, 6.07) is 13.3. The Morgan fingerprint density at radius 2 is 1.98 bits per heavy atom. The topological polar surface area (TPSA) is 114 Å². The second-order valence-corrected chi connectivity index (χ2v) is 11.4. The van der Waals surface area contributed by atoms with Crippen LogP contribution in [0.5, 0.6) is 11.5 Å². The highest BCUT2D eigenvalue weighted by Crippen LogP contribution is 2.47. The van der Waals surface area contributed by atoms with Gasteiger partial charge in [0.25, 0.3) is 0 Å². The Balaban J connectivity index is 1.66. The van der Waals surface area contributed by atoms with Crippen LogP contribution in [0.4, 0.5) is 4.79 Å². The van der Waals surface area contributed by atoms with E-state index in [1.807, 2.05) is 41.3 Å². The van der Waals surface area contributed by atoms with E-state index in [2.05, 4.69) is 12.2 Å². The summed E-state index contributed by atoms with van der Waals surface area (Å²) in [5.74, 6) is 0.930. The van der Waals surface area contributed by atoms with Crippen LogP contribution in [0.15, 0.2) is 42.5 Å². The lowest BCUT2D eigenvalue weighted by molar-refractivity contribution is -0.141. The highest BCUT2D eigenvalue weighted by Gasteiger charge is 2.44. The molecule has 0 aromatic heterocycles. The summed E-state index contributed by atoms with van der Waals surface area (Å²) in [5.41, 5.74) is 6.37. The molecule has 4 N–H and O–H groups in total. The Labute approximate surface area is 242 Å². The zero-order chi connectivity index (χ0) is 28.7.